The van der Waals surface area contributed by atoms with E-state index in [0.717, 1.165) is 27.8 Å². The van der Waals surface area contributed by atoms with Gasteiger partial charge in [0.15, 0.2) is 0 Å². The Kier molecular flexibility index (Phi) is 5.80. The molecule has 2 aromatic heterocycles. The van der Waals surface area contributed by atoms with E-state index in [1.54, 1.807) is 13.8 Å². The van der Waals surface area contributed by atoms with Crippen molar-refractivity contribution in [1.82, 2.24) is 4.98 Å². The average Bonchev–Trinajstić information content (AvgIpc) is 3.02. The summed E-state index contributed by atoms with van der Waals surface area (Å²) in [5.41, 5.74) is 8.69. The molecule has 0 aliphatic rings. The van der Waals surface area contributed by atoms with Gasteiger partial charge in [0.1, 0.15) is 22.6 Å². The van der Waals surface area contributed by atoms with Crippen LogP contribution in [0.3, 0.4) is 0 Å². The maximum Gasteiger partial charge on any atom is 0.348 e. The summed E-state index contributed by atoms with van der Waals surface area (Å²) < 4.78 is 10.5. The van der Waals surface area contributed by atoms with Crippen molar-refractivity contribution < 1.29 is 19.1 Å². The second-order valence-electron chi connectivity index (χ2n) is 6.27. The van der Waals surface area contributed by atoms with Crippen LogP contribution in [0.25, 0.3) is 10.9 Å². The lowest BCUT2D eigenvalue weighted by Gasteiger charge is -2.12. The molecule has 7 nitrogen and oxygen atoms in total. The first kappa shape index (κ1) is 20.3. The molecule has 0 saturated heterocycles. The maximum atomic E-state index is 12.8. The molecule has 0 atom stereocenters. The Morgan fingerprint density at radius 1 is 1.21 bits per heavy atom. The standard InChI is InChI=1S/C21H19N3O4S/c1-4-27-21(26)18-15(14(9-22)19(23)29-18)10-28-20(25)17-11(2)13-7-5-6-8-16(13)24-12(17)3/h5-8H,4,10,23H2,1-3H3. The first-order chi connectivity index (χ1) is 13.9. The summed E-state index contributed by atoms with van der Waals surface area (Å²) in [6.07, 6.45) is 0. The third-order valence-corrected chi connectivity index (χ3v) is 5.53. The fraction of sp³-hybridized carbons (Fsp3) is 0.238. The highest BCUT2D eigenvalue weighted by molar-refractivity contribution is 7.18. The van der Waals surface area contributed by atoms with Crippen molar-refractivity contribution >= 4 is 39.2 Å². The number of rotatable bonds is 5. The molecule has 3 aromatic rings. The number of hydrogen-bond donors (Lipinski definition) is 1. The molecule has 148 valence electrons. The topological polar surface area (TPSA) is 115 Å². The van der Waals surface area contributed by atoms with Crippen molar-refractivity contribution in [1.29, 1.82) is 5.26 Å². The minimum absolute atomic E-state index is 0.121. The number of esters is 2. The third-order valence-electron chi connectivity index (χ3n) is 4.49. The number of nitrogen functional groups attached to an aromatic ring is 1. The van der Waals surface area contributed by atoms with Gasteiger partial charge in [-0.1, -0.05) is 18.2 Å². The Morgan fingerprint density at radius 3 is 2.62 bits per heavy atom. The van der Waals surface area contributed by atoms with Gasteiger partial charge >= 0.3 is 11.9 Å². The molecule has 2 N–H and O–H groups in total. The fourth-order valence-corrected chi connectivity index (χ4v) is 4.07. The smallest absolute Gasteiger partial charge is 0.348 e. The fourth-order valence-electron chi connectivity index (χ4n) is 3.15. The monoisotopic (exact) mass is 409 g/mol. The number of nitrogens with two attached hydrogens (primary N) is 1. The molecule has 0 aliphatic carbocycles. The summed E-state index contributed by atoms with van der Waals surface area (Å²) >= 11 is 0.946. The van der Waals surface area contributed by atoms with Crippen LogP contribution in [-0.4, -0.2) is 23.5 Å². The van der Waals surface area contributed by atoms with Gasteiger partial charge in [-0.05, 0) is 32.4 Å². The van der Waals surface area contributed by atoms with Crippen LogP contribution in [0.1, 0.15) is 49.3 Å². The Labute approximate surface area is 171 Å². The molecule has 2 heterocycles. The lowest BCUT2D eigenvalue weighted by molar-refractivity contribution is 0.0451. The van der Waals surface area contributed by atoms with Crippen molar-refractivity contribution in [3.8, 4) is 6.07 Å². The highest BCUT2D eigenvalue weighted by atomic mass is 32.1. The predicted octanol–water partition coefficient (Wildman–Crippen LogP) is 3.90. The molecule has 0 bridgehead atoms. The zero-order valence-corrected chi connectivity index (χ0v) is 17.1. The van der Waals surface area contributed by atoms with E-state index in [9.17, 15) is 14.9 Å². The van der Waals surface area contributed by atoms with Crippen LogP contribution in [0.4, 0.5) is 5.00 Å². The number of hydrogen-bond acceptors (Lipinski definition) is 8. The first-order valence-electron chi connectivity index (χ1n) is 8.90. The van der Waals surface area contributed by atoms with Crippen molar-refractivity contribution in [3.63, 3.8) is 0 Å². The molecule has 0 aliphatic heterocycles. The third kappa shape index (κ3) is 3.77. The number of anilines is 1. The number of pyridine rings is 1. The van der Waals surface area contributed by atoms with Crippen molar-refractivity contribution in [2.45, 2.75) is 27.4 Å². The van der Waals surface area contributed by atoms with Gasteiger partial charge in [0.2, 0.25) is 0 Å². The second-order valence-corrected chi connectivity index (χ2v) is 7.32. The predicted molar refractivity (Wildman–Crippen MR) is 110 cm³/mol. The van der Waals surface area contributed by atoms with E-state index in [1.165, 1.54) is 0 Å². The van der Waals surface area contributed by atoms with E-state index >= 15 is 0 Å². The zero-order valence-electron chi connectivity index (χ0n) is 16.2. The van der Waals surface area contributed by atoms with Gasteiger partial charge in [0.05, 0.1) is 28.9 Å². The average molecular weight is 409 g/mol. The van der Waals surface area contributed by atoms with Crippen LogP contribution in [0.15, 0.2) is 24.3 Å². The molecule has 0 saturated carbocycles. The maximum absolute atomic E-state index is 12.8. The van der Waals surface area contributed by atoms with E-state index in [0.29, 0.717) is 11.3 Å². The number of para-hydroxylation sites is 1. The van der Waals surface area contributed by atoms with Crippen LogP contribution < -0.4 is 5.73 Å². The summed E-state index contributed by atoms with van der Waals surface area (Å²) in [5.74, 6) is -1.18. The van der Waals surface area contributed by atoms with Gasteiger partial charge in [-0.2, -0.15) is 5.26 Å². The van der Waals surface area contributed by atoms with E-state index < -0.39 is 11.9 Å². The lowest BCUT2D eigenvalue weighted by Crippen LogP contribution is -2.13. The summed E-state index contributed by atoms with van der Waals surface area (Å²) in [6.45, 7) is 5.16. The molecule has 0 amide bonds. The molecule has 29 heavy (non-hydrogen) atoms. The molecular formula is C21H19N3O4S. The van der Waals surface area contributed by atoms with Gasteiger partial charge < -0.3 is 15.2 Å². The molecule has 0 unspecified atom stereocenters. The highest BCUT2D eigenvalue weighted by Gasteiger charge is 2.25. The quantitative estimate of drug-likeness (QED) is 0.635. The summed E-state index contributed by atoms with van der Waals surface area (Å²) in [4.78, 5) is 29.7. The molecule has 1 aromatic carbocycles. The number of carbonyl (C=O) groups excluding carboxylic acids is 2. The van der Waals surface area contributed by atoms with E-state index in [-0.39, 0.29) is 34.2 Å². The zero-order chi connectivity index (χ0) is 21.1. The van der Waals surface area contributed by atoms with E-state index in [2.05, 4.69) is 4.98 Å². The van der Waals surface area contributed by atoms with Gasteiger partial charge in [-0.3, -0.25) is 4.98 Å². The number of aromatic nitrogens is 1. The van der Waals surface area contributed by atoms with Gasteiger partial charge in [0.25, 0.3) is 0 Å². The van der Waals surface area contributed by atoms with E-state index in [1.807, 2.05) is 37.3 Å². The van der Waals surface area contributed by atoms with Crippen molar-refractivity contribution in [2.24, 2.45) is 0 Å². The van der Waals surface area contributed by atoms with E-state index in [4.69, 9.17) is 15.2 Å². The van der Waals surface area contributed by atoms with Gasteiger partial charge in [-0.25, -0.2) is 9.59 Å². The summed E-state index contributed by atoms with van der Waals surface area (Å²) in [7, 11) is 0. The molecule has 0 spiro atoms. The van der Waals surface area contributed by atoms with Crippen LogP contribution in [0.2, 0.25) is 0 Å². The van der Waals surface area contributed by atoms with Crippen LogP contribution in [-0.2, 0) is 16.1 Å². The lowest BCUT2D eigenvalue weighted by atomic mass is 10.0. The summed E-state index contributed by atoms with van der Waals surface area (Å²) in [5, 5.41) is 10.4. The van der Waals surface area contributed by atoms with Crippen molar-refractivity contribution in [3.05, 3.63) is 57.1 Å². The Balaban J connectivity index is 1.93. The van der Waals surface area contributed by atoms with Gasteiger partial charge in [0, 0.05) is 10.9 Å². The SMILES string of the molecule is CCOC(=O)c1sc(N)c(C#N)c1COC(=O)c1c(C)nc2ccccc2c1C. The Morgan fingerprint density at radius 2 is 1.93 bits per heavy atom. The minimum atomic E-state index is -0.600. The highest BCUT2D eigenvalue weighted by Crippen LogP contribution is 2.32. The van der Waals surface area contributed by atoms with Crippen molar-refractivity contribution in [2.75, 3.05) is 12.3 Å². The van der Waals surface area contributed by atoms with Gasteiger partial charge in [-0.15, -0.1) is 11.3 Å². The van der Waals surface area contributed by atoms with Crippen LogP contribution in [0, 0.1) is 25.2 Å². The number of benzene rings is 1. The Bertz CT molecular complexity index is 1160. The number of ether oxygens (including phenoxy) is 2. The number of carbonyl (C=O) groups is 2. The second kappa shape index (κ2) is 8.29. The molecule has 0 fully saturated rings. The number of aryl methyl sites for hydroxylation is 2. The number of nitrogens with zero attached hydrogens (tertiary/aromatic N) is 2. The molecule has 8 heteroatoms. The largest absolute Gasteiger partial charge is 0.462 e. The molecule has 0 radical (unpaired) electrons. The molecule has 3 rings (SSSR count). The minimum Gasteiger partial charge on any atom is -0.462 e. The number of nitriles is 1. The number of thiophene rings is 1. The Hall–Kier alpha value is -3.44. The summed E-state index contributed by atoms with van der Waals surface area (Å²) in [6, 6.07) is 9.49. The van der Waals surface area contributed by atoms with Crippen LogP contribution >= 0.6 is 11.3 Å². The molecular weight excluding hydrogens is 390 g/mol. The van der Waals surface area contributed by atoms with Crippen LogP contribution in [0.5, 0.6) is 0 Å². The first-order valence-corrected chi connectivity index (χ1v) is 9.72. The normalized spacial score (nSPS) is 10.6. The number of fused-ring (bicyclic) bond motifs is 1.